The summed E-state index contributed by atoms with van der Waals surface area (Å²) in [7, 11) is -2.82. The lowest BCUT2D eigenvalue weighted by Gasteiger charge is -2.23. The minimum atomic E-state index is -1.44. The van der Waals surface area contributed by atoms with E-state index in [1.807, 2.05) is 34.6 Å². The van der Waals surface area contributed by atoms with Crippen molar-refractivity contribution in [1.82, 2.24) is 0 Å². The lowest BCUT2D eigenvalue weighted by Crippen LogP contribution is -2.22. The minimum Gasteiger partial charge on any atom is -0.350 e. The Morgan fingerprint density at radius 2 is 1.10 bits per heavy atom. The Morgan fingerprint density at radius 3 is 1.52 bits per heavy atom. The van der Waals surface area contributed by atoms with Crippen molar-refractivity contribution in [2.45, 2.75) is 40.9 Å². The Kier molecular flexibility index (Phi) is 15.9. The van der Waals surface area contributed by atoms with E-state index >= 15 is 0 Å². The predicted molar refractivity (Wildman–Crippen MR) is 82.8 cm³/mol. The van der Waals surface area contributed by atoms with Gasteiger partial charge in [0.15, 0.2) is 6.29 Å². The van der Waals surface area contributed by atoms with Gasteiger partial charge < -0.3 is 27.4 Å². The topological polar surface area (TPSA) is 64.6 Å². The summed E-state index contributed by atoms with van der Waals surface area (Å²) in [6.07, 6.45) is -0.579. The zero-order chi connectivity index (χ0) is 15.9. The second-order valence-electron chi connectivity index (χ2n) is 3.40. The SMILES string of the molecule is CCOC(COP(OCC)OCC)OP(OCC)OCC. The van der Waals surface area contributed by atoms with Gasteiger partial charge in [-0.25, -0.2) is 0 Å². The van der Waals surface area contributed by atoms with Crippen molar-refractivity contribution in [3.63, 3.8) is 0 Å². The Balaban J connectivity index is 4.30. The molecule has 0 heterocycles. The maximum absolute atomic E-state index is 5.65. The summed E-state index contributed by atoms with van der Waals surface area (Å²) >= 11 is 0. The van der Waals surface area contributed by atoms with Gasteiger partial charge in [-0.05, 0) is 34.6 Å². The standard InChI is InChI=1S/C12H28O7P2/c1-6-13-12(19-21(16-9-4)17-10-5)11-18-20(14-7-2)15-8-3/h12H,6-11H2,1-5H3. The molecule has 9 heteroatoms. The van der Waals surface area contributed by atoms with E-state index in [0.29, 0.717) is 33.0 Å². The van der Waals surface area contributed by atoms with Crippen LogP contribution in [0.2, 0.25) is 0 Å². The van der Waals surface area contributed by atoms with Crippen molar-refractivity contribution in [1.29, 1.82) is 0 Å². The van der Waals surface area contributed by atoms with Gasteiger partial charge in [-0.3, -0.25) is 4.52 Å². The van der Waals surface area contributed by atoms with Gasteiger partial charge in [-0.2, -0.15) is 0 Å². The number of ether oxygens (including phenoxy) is 1. The summed E-state index contributed by atoms with van der Waals surface area (Å²) in [5.41, 5.74) is 0. The molecular weight excluding hydrogens is 318 g/mol. The van der Waals surface area contributed by atoms with Crippen molar-refractivity contribution in [2.24, 2.45) is 0 Å². The summed E-state index contributed by atoms with van der Waals surface area (Å²) in [5.74, 6) is 0. The molecule has 0 saturated heterocycles. The average Bonchev–Trinajstić information content (AvgIpc) is 2.45. The van der Waals surface area contributed by atoms with Crippen LogP contribution in [0.5, 0.6) is 0 Å². The molecule has 128 valence electrons. The molecule has 0 aliphatic carbocycles. The highest BCUT2D eigenvalue weighted by molar-refractivity contribution is 7.42. The predicted octanol–water partition coefficient (Wildman–Crippen LogP) is 3.98. The smallest absolute Gasteiger partial charge is 0.335 e. The van der Waals surface area contributed by atoms with E-state index in [4.69, 9.17) is 31.9 Å². The van der Waals surface area contributed by atoms with E-state index in [0.717, 1.165) is 0 Å². The first-order chi connectivity index (χ1) is 10.2. The molecule has 0 fully saturated rings. The summed E-state index contributed by atoms with van der Waals surface area (Å²) < 4.78 is 38.2. The molecule has 0 N–H and O–H groups in total. The monoisotopic (exact) mass is 346 g/mol. The van der Waals surface area contributed by atoms with Crippen LogP contribution in [0.25, 0.3) is 0 Å². The second-order valence-corrected chi connectivity index (χ2v) is 5.80. The third kappa shape index (κ3) is 11.8. The highest BCUT2D eigenvalue weighted by atomic mass is 31.2. The molecule has 0 aromatic carbocycles. The third-order valence-electron chi connectivity index (χ3n) is 1.81. The van der Waals surface area contributed by atoms with Gasteiger partial charge in [0, 0.05) is 6.61 Å². The first-order valence-electron chi connectivity index (χ1n) is 7.24. The van der Waals surface area contributed by atoms with E-state index in [-0.39, 0.29) is 6.61 Å². The highest BCUT2D eigenvalue weighted by Crippen LogP contribution is 2.43. The summed E-state index contributed by atoms with van der Waals surface area (Å²) in [4.78, 5) is 0. The van der Waals surface area contributed by atoms with Crippen LogP contribution in [0.3, 0.4) is 0 Å². The molecule has 0 amide bonds. The lowest BCUT2D eigenvalue weighted by atomic mass is 10.7. The fourth-order valence-electron chi connectivity index (χ4n) is 1.14. The average molecular weight is 346 g/mol. The van der Waals surface area contributed by atoms with E-state index in [1.165, 1.54) is 0 Å². The normalized spacial score (nSPS) is 13.3. The molecule has 0 saturated carbocycles. The maximum atomic E-state index is 5.65. The summed E-state index contributed by atoms with van der Waals surface area (Å²) in [5, 5.41) is 0. The van der Waals surface area contributed by atoms with E-state index in [9.17, 15) is 0 Å². The molecular formula is C12H28O7P2. The fraction of sp³-hybridized carbons (Fsp3) is 1.00. The van der Waals surface area contributed by atoms with Crippen LogP contribution in [-0.2, 0) is 31.9 Å². The van der Waals surface area contributed by atoms with Crippen LogP contribution >= 0.6 is 17.2 Å². The first kappa shape index (κ1) is 21.6. The molecule has 0 aromatic rings. The van der Waals surface area contributed by atoms with Gasteiger partial charge in [0.05, 0.1) is 26.4 Å². The zero-order valence-corrected chi connectivity index (χ0v) is 15.4. The molecule has 1 unspecified atom stereocenters. The highest BCUT2D eigenvalue weighted by Gasteiger charge is 2.22. The van der Waals surface area contributed by atoms with Crippen molar-refractivity contribution in [3.05, 3.63) is 0 Å². The molecule has 0 bridgehead atoms. The van der Waals surface area contributed by atoms with E-state index in [2.05, 4.69) is 0 Å². The molecule has 0 radical (unpaired) electrons. The van der Waals surface area contributed by atoms with Crippen LogP contribution in [0.1, 0.15) is 34.6 Å². The lowest BCUT2D eigenvalue weighted by molar-refractivity contribution is -0.108. The van der Waals surface area contributed by atoms with Crippen molar-refractivity contribution in [2.75, 3.05) is 39.6 Å². The molecule has 0 aliphatic heterocycles. The number of rotatable bonds is 15. The Morgan fingerprint density at radius 1 is 0.619 bits per heavy atom. The largest absolute Gasteiger partial charge is 0.350 e. The molecule has 0 rings (SSSR count). The molecule has 0 spiro atoms. The number of hydrogen-bond acceptors (Lipinski definition) is 7. The molecule has 21 heavy (non-hydrogen) atoms. The molecule has 7 nitrogen and oxygen atoms in total. The van der Waals surface area contributed by atoms with E-state index in [1.54, 1.807) is 0 Å². The molecule has 0 aliphatic rings. The van der Waals surface area contributed by atoms with Crippen LogP contribution in [0.15, 0.2) is 0 Å². The van der Waals surface area contributed by atoms with Gasteiger partial charge in [0.2, 0.25) is 0 Å². The Hall–Kier alpha value is 0.580. The Bertz CT molecular complexity index is 212. The van der Waals surface area contributed by atoms with Gasteiger partial charge in [0.1, 0.15) is 6.61 Å². The van der Waals surface area contributed by atoms with Crippen LogP contribution < -0.4 is 0 Å². The van der Waals surface area contributed by atoms with Crippen LogP contribution in [0, 0.1) is 0 Å². The summed E-state index contributed by atoms with van der Waals surface area (Å²) in [6, 6.07) is 0. The van der Waals surface area contributed by atoms with Crippen molar-refractivity contribution < 1.29 is 31.9 Å². The van der Waals surface area contributed by atoms with Gasteiger partial charge >= 0.3 is 17.2 Å². The van der Waals surface area contributed by atoms with Gasteiger partial charge in [-0.1, -0.05) is 0 Å². The van der Waals surface area contributed by atoms with Crippen molar-refractivity contribution in [3.8, 4) is 0 Å². The van der Waals surface area contributed by atoms with Gasteiger partial charge in [-0.15, -0.1) is 0 Å². The maximum Gasteiger partial charge on any atom is 0.335 e. The van der Waals surface area contributed by atoms with E-state index < -0.39 is 23.5 Å². The molecule has 0 aromatic heterocycles. The Labute approximate surface area is 130 Å². The summed E-state index contributed by atoms with van der Waals surface area (Å²) in [6.45, 7) is 12.2. The van der Waals surface area contributed by atoms with Gasteiger partial charge in [0.25, 0.3) is 0 Å². The second kappa shape index (κ2) is 15.5. The number of hydrogen-bond donors (Lipinski definition) is 0. The third-order valence-corrected chi connectivity index (χ3v) is 4.45. The fourth-order valence-corrected chi connectivity index (χ4v) is 2.96. The molecule has 1 atom stereocenters. The first-order valence-corrected chi connectivity index (χ1v) is 9.43. The van der Waals surface area contributed by atoms with Crippen LogP contribution in [0.4, 0.5) is 0 Å². The quantitative estimate of drug-likeness (QED) is 0.328. The zero-order valence-electron chi connectivity index (χ0n) is 13.6. The van der Waals surface area contributed by atoms with Crippen LogP contribution in [-0.4, -0.2) is 45.9 Å². The minimum absolute atomic E-state index is 0.193. The van der Waals surface area contributed by atoms with Crippen molar-refractivity contribution >= 4 is 17.2 Å².